The molecule has 2 heterocycles. The van der Waals surface area contributed by atoms with Gasteiger partial charge in [-0.1, -0.05) is 36.7 Å². The minimum absolute atomic E-state index is 0.216. The van der Waals surface area contributed by atoms with Crippen LogP contribution in [0.25, 0.3) is 11.3 Å². The van der Waals surface area contributed by atoms with Crippen LogP contribution in [0.15, 0.2) is 36.7 Å². The van der Waals surface area contributed by atoms with Gasteiger partial charge in [-0.25, -0.2) is 0 Å². The molecule has 0 atom stereocenters. The average molecular weight is 345 g/mol. The van der Waals surface area contributed by atoms with Gasteiger partial charge in [-0.2, -0.15) is 5.10 Å². The highest BCUT2D eigenvalue weighted by Gasteiger charge is 2.12. The van der Waals surface area contributed by atoms with Crippen LogP contribution < -0.4 is 5.32 Å². The average Bonchev–Trinajstić information content (AvgIpc) is 3.24. The molecule has 3 aromatic rings. The number of carbonyl (C=O) groups excluding carboxylic acids is 1. The van der Waals surface area contributed by atoms with Crippen molar-refractivity contribution in [1.82, 2.24) is 30.3 Å². The summed E-state index contributed by atoms with van der Waals surface area (Å²) in [6, 6.07) is 9.06. The van der Waals surface area contributed by atoms with Gasteiger partial charge in [-0.15, -0.1) is 10.2 Å². The van der Waals surface area contributed by atoms with E-state index in [2.05, 4.69) is 25.7 Å². The highest BCUT2D eigenvalue weighted by atomic mass is 35.5. The van der Waals surface area contributed by atoms with Crippen LogP contribution in [0.4, 0.5) is 0 Å². The molecule has 2 aromatic heterocycles. The number of aromatic nitrogens is 5. The van der Waals surface area contributed by atoms with Crippen LogP contribution in [0.2, 0.25) is 5.02 Å². The largest absolute Gasteiger partial charge is 0.349 e. The Labute approximate surface area is 144 Å². The number of aryl methyl sites for hydroxylation is 1. The van der Waals surface area contributed by atoms with Crippen LogP contribution in [0, 0.1) is 0 Å². The molecule has 1 amide bonds. The van der Waals surface area contributed by atoms with Crippen molar-refractivity contribution in [2.75, 3.05) is 6.54 Å². The molecule has 0 aliphatic rings. The number of aromatic amines is 1. The van der Waals surface area contributed by atoms with Crippen LogP contribution in [0.1, 0.15) is 23.2 Å². The molecule has 2 N–H and O–H groups in total. The predicted molar refractivity (Wildman–Crippen MR) is 90.8 cm³/mol. The van der Waals surface area contributed by atoms with Crippen LogP contribution in [0.3, 0.4) is 0 Å². The van der Waals surface area contributed by atoms with Crippen molar-refractivity contribution in [1.29, 1.82) is 0 Å². The van der Waals surface area contributed by atoms with Crippen LogP contribution in [-0.2, 0) is 13.0 Å². The van der Waals surface area contributed by atoms with Gasteiger partial charge in [-0.05, 0) is 12.1 Å². The van der Waals surface area contributed by atoms with E-state index in [1.807, 2.05) is 29.7 Å². The van der Waals surface area contributed by atoms with E-state index in [-0.39, 0.29) is 5.91 Å². The number of nitrogens with one attached hydrogen (secondary N) is 2. The number of rotatable bonds is 6. The van der Waals surface area contributed by atoms with E-state index in [0.717, 1.165) is 17.8 Å². The van der Waals surface area contributed by atoms with E-state index in [9.17, 15) is 4.79 Å². The zero-order valence-corrected chi connectivity index (χ0v) is 13.9. The van der Waals surface area contributed by atoms with Crippen molar-refractivity contribution in [3.05, 3.63) is 53.2 Å². The van der Waals surface area contributed by atoms with Crippen molar-refractivity contribution in [3.63, 3.8) is 0 Å². The summed E-state index contributed by atoms with van der Waals surface area (Å²) in [4.78, 5) is 12.2. The topological polar surface area (TPSA) is 88.5 Å². The molecule has 1 aromatic carbocycles. The standard InChI is InChI=1S/C16H17ClN6O/c1-2-15-22-19-10-23(15)8-7-18-16(24)14-9-13(20-21-14)11-5-3-4-6-12(11)17/h3-6,9-10H,2,7-8H2,1H3,(H,18,24)(H,20,21). The Kier molecular flexibility index (Phi) is 4.90. The summed E-state index contributed by atoms with van der Waals surface area (Å²) in [5, 5.41) is 18.2. The van der Waals surface area contributed by atoms with E-state index in [1.165, 1.54) is 0 Å². The molecule has 0 saturated heterocycles. The second-order valence-corrected chi connectivity index (χ2v) is 5.60. The zero-order chi connectivity index (χ0) is 16.9. The molecule has 7 nitrogen and oxygen atoms in total. The summed E-state index contributed by atoms with van der Waals surface area (Å²) in [5.74, 6) is 0.679. The number of H-pyrrole nitrogens is 1. The van der Waals surface area contributed by atoms with Gasteiger partial charge in [0.05, 0.1) is 10.7 Å². The minimum Gasteiger partial charge on any atom is -0.349 e. The van der Waals surface area contributed by atoms with Crippen LogP contribution in [-0.4, -0.2) is 37.4 Å². The molecular weight excluding hydrogens is 328 g/mol. The van der Waals surface area contributed by atoms with E-state index in [4.69, 9.17) is 11.6 Å². The molecule has 24 heavy (non-hydrogen) atoms. The molecule has 0 saturated carbocycles. The quantitative estimate of drug-likeness (QED) is 0.718. The normalized spacial score (nSPS) is 10.8. The summed E-state index contributed by atoms with van der Waals surface area (Å²) in [6.45, 7) is 3.11. The number of carbonyl (C=O) groups is 1. The van der Waals surface area contributed by atoms with Gasteiger partial charge < -0.3 is 9.88 Å². The Balaban J connectivity index is 1.61. The lowest BCUT2D eigenvalue weighted by Crippen LogP contribution is -2.27. The number of halogens is 1. The minimum atomic E-state index is -0.216. The molecule has 0 spiro atoms. The molecule has 124 valence electrons. The lowest BCUT2D eigenvalue weighted by Gasteiger charge is -2.06. The third-order valence-electron chi connectivity index (χ3n) is 3.62. The molecule has 8 heteroatoms. The summed E-state index contributed by atoms with van der Waals surface area (Å²) >= 11 is 6.15. The maximum Gasteiger partial charge on any atom is 0.269 e. The van der Waals surface area contributed by atoms with Crippen LogP contribution >= 0.6 is 11.6 Å². The molecule has 0 unspecified atom stereocenters. The van der Waals surface area contributed by atoms with Crippen molar-refractivity contribution >= 4 is 17.5 Å². The molecule has 0 aliphatic carbocycles. The maximum absolute atomic E-state index is 12.2. The van der Waals surface area contributed by atoms with Crippen LogP contribution in [0.5, 0.6) is 0 Å². The van der Waals surface area contributed by atoms with Gasteiger partial charge in [-0.3, -0.25) is 9.89 Å². The van der Waals surface area contributed by atoms with Gasteiger partial charge in [0.25, 0.3) is 5.91 Å². The lowest BCUT2D eigenvalue weighted by molar-refractivity contribution is 0.0947. The van der Waals surface area contributed by atoms with Gasteiger partial charge in [0.2, 0.25) is 0 Å². The van der Waals surface area contributed by atoms with Crippen molar-refractivity contribution in [3.8, 4) is 11.3 Å². The maximum atomic E-state index is 12.2. The van der Waals surface area contributed by atoms with Gasteiger partial charge in [0.15, 0.2) is 0 Å². The van der Waals surface area contributed by atoms with Gasteiger partial charge in [0, 0.05) is 25.1 Å². The van der Waals surface area contributed by atoms with Crippen molar-refractivity contribution in [2.45, 2.75) is 19.9 Å². The highest BCUT2D eigenvalue weighted by molar-refractivity contribution is 6.33. The van der Waals surface area contributed by atoms with Crippen molar-refractivity contribution in [2.24, 2.45) is 0 Å². The Morgan fingerprint density at radius 1 is 1.38 bits per heavy atom. The fourth-order valence-electron chi connectivity index (χ4n) is 2.37. The zero-order valence-electron chi connectivity index (χ0n) is 13.2. The second kappa shape index (κ2) is 7.27. The number of nitrogens with zero attached hydrogens (tertiary/aromatic N) is 4. The molecule has 0 radical (unpaired) electrons. The molecule has 0 fully saturated rings. The predicted octanol–water partition coefficient (Wildman–Crippen LogP) is 2.31. The first-order valence-electron chi connectivity index (χ1n) is 7.64. The Morgan fingerprint density at radius 2 is 2.21 bits per heavy atom. The number of hydrogen-bond donors (Lipinski definition) is 2. The third-order valence-corrected chi connectivity index (χ3v) is 3.95. The summed E-state index contributed by atoms with van der Waals surface area (Å²) in [5.41, 5.74) is 1.81. The molecule has 3 rings (SSSR count). The van der Waals surface area contributed by atoms with E-state index < -0.39 is 0 Å². The Bertz CT molecular complexity index is 840. The molecule has 0 bridgehead atoms. The fourth-order valence-corrected chi connectivity index (χ4v) is 2.60. The Hall–Kier alpha value is -2.67. The van der Waals surface area contributed by atoms with E-state index in [0.29, 0.717) is 29.5 Å². The van der Waals surface area contributed by atoms with Gasteiger partial charge in [0.1, 0.15) is 17.8 Å². The molecule has 0 aliphatic heterocycles. The number of benzene rings is 1. The Morgan fingerprint density at radius 3 is 3.00 bits per heavy atom. The van der Waals surface area contributed by atoms with E-state index in [1.54, 1.807) is 18.5 Å². The summed E-state index contributed by atoms with van der Waals surface area (Å²) in [6.07, 6.45) is 2.46. The first-order valence-corrected chi connectivity index (χ1v) is 8.02. The first-order chi connectivity index (χ1) is 11.7. The summed E-state index contributed by atoms with van der Waals surface area (Å²) in [7, 11) is 0. The first kappa shape index (κ1) is 16.2. The van der Waals surface area contributed by atoms with Crippen molar-refractivity contribution < 1.29 is 4.79 Å². The number of amides is 1. The second-order valence-electron chi connectivity index (χ2n) is 5.20. The van der Waals surface area contributed by atoms with Gasteiger partial charge >= 0.3 is 0 Å². The smallest absolute Gasteiger partial charge is 0.269 e. The SMILES string of the molecule is CCc1nncn1CCNC(=O)c1cc(-c2ccccc2Cl)n[nH]1. The van der Waals surface area contributed by atoms with E-state index >= 15 is 0 Å². The monoisotopic (exact) mass is 344 g/mol. The lowest BCUT2D eigenvalue weighted by atomic mass is 10.1. The summed E-state index contributed by atoms with van der Waals surface area (Å²) < 4.78 is 1.92. The third kappa shape index (κ3) is 3.46. The molecular formula is C16H17ClN6O. The number of hydrogen-bond acceptors (Lipinski definition) is 4. The highest BCUT2D eigenvalue weighted by Crippen LogP contribution is 2.26. The fraction of sp³-hybridized carbons (Fsp3) is 0.250.